The molecule has 0 atom stereocenters. The minimum Gasteiger partial charge on any atom is -0.476 e. The molecule has 1 aromatic heterocycles. The molecule has 1 saturated heterocycles. The van der Waals surface area contributed by atoms with Crippen molar-refractivity contribution in [1.29, 1.82) is 0 Å². The van der Waals surface area contributed by atoms with E-state index in [1.807, 2.05) is 0 Å². The highest BCUT2D eigenvalue weighted by Crippen LogP contribution is 2.30. The minimum atomic E-state index is -1.04. The first-order valence-corrected chi connectivity index (χ1v) is 6.30. The fraction of sp³-hybridized carbons (Fsp3) is 0.615. The predicted molar refractivity (Wildman–Crippen MR) is 68.8 cm³/mol. The summed E-state index contributed by atoms with van der Waals surface area (Å²) in [7, 11) is 0. The number of aromatic nitrogens is 2. The molecule has 1 N–H and O–H groups in total. The number of anilines is 1. The molecule has 98 valence electrons. The highest BCUT2D eigenvalue weighted by molar-refractivity contribution is 5.85. The Morgan fingerprint density at radius 1 is 1.28 bits per heavy atom. The molecule has 18 heavy (non-hydrogen) atoms. The molecule has 1 aliphatic heterocycles. The smallest absolute Gasteiger partial charge is 0.356 e. The van der Waals surface area contributed by atoms with Gasteiger partial charge in [0, 0.05) is 13.1 Å². The zero-order valence-corrected chi connectivity index (χ0v) is 10.9. The van der Waals surface area contributed by atoms with Crippen molar-refractivity contribution in [2.75, 3.05) is 18.0 Å². The SMILES string of the molecule is CC1(C)CCCN(c2ccc(C(=O)O)nn2)CC1. The van der Waals surface area contributed by atoms with E-state index >= 15 is 0 Å². The van der Waals surface area contributed by atoms with Crippen LogP contribution in [-0.4, -0.2) is 34.4 Å². The van der Waals surface area contributed by atoms with Gasteiger partial charge in [-0.15, -0.1) is 10.2 Å². The third-order valence-corrected chi connectivity index (χ3v) is 3.53. The first kappa shape index (κ1) is 12.8. The Morgan fingerprint density at radius 3 is 2.67 bits per heavy atom. The number of aromatic carboxylic acids is 1. The van der Waals surface area contributed by atoms with E-state index in [-0.39, 0.29) is 5.69 Å². The fourth-order valence-corrected chi connectivity index (χ4v) is 2.26. The van der Waals surface area contributed by atoms with Crippen molar-refractivity contribution in [3.63, 3.8) is 0 Å². The number of nitrogens with zero attached hydrogens (tertiary/aromatic N) is 3. The predicted octanol–water partition coefficient (Wildman–Crippen LogP) is 2.19. The highest BCUT2D eigenvalue weighted by Gasteiger charge is 2.23. The van der Waals surface area contributed by atoms with Crippen LogP contribution in [0.4, 0.5) is 5.82 Å². The van der Waals surface area contributed by atoms with Crippen LogP contribution >= 0.6 is 0 Å². The van der Waals surface area contributed by atoms with E-state index in [1.54, 1.807) is 6.07 Å². The van der Waals surface area contributed by atoms with Gasteiger partial charge in [-0.05, 0) is 36.8 Å². The van der Waals surface area contributed by atoms with Gasteiger partial charge in [-0.25, -0.2) is 4.79 Å². The van der Waals surface area contributed by atoms with Crippen molar-refractivity contribution in [3.8, 4) is 0 Å². The Bertz CT molecular complexity index is 428. The maximum absolute atomic E-state index is 10.7. The van der Waals surface area contributed by atoms with Crippen LogP contribution in [0.25, 0.3) is 0 Å². The number of carboxylic acid groups (broad SMARTS) is 1. The molecule has 0 aliphatic carbocycles. The van der Waals surface area contributed by atoms with Gasteiger partial charge in [0.15, 0.2) is 11.5 Å². The van der Waals surface area contributed by atoms with Gasteiger partial charge in [0.2, 0.25) is 0 Å². The molecular weight excluding hydrogens is 230 g/mol. The second-order valence-electron chi connectivity index (χ2n) is 5.59. The normalized spacial score (nSPS) is 19.3. The van der Waals surface area contributed by atoms with E-state index in [1.165, 1.54) is 12.5 Å². The zero-order valence-electron chi connectivity index (χ0n) is 10.9. The van der Waals surface area contributed by atoms with Gasteiger partial charge in [0.25, 0.3) is 0 Å². The summed E-state index contributed by atoms with van der Waals surface area (Å²) >= 11 is 0. The molecule has 2 heterocycles. The lowest BCUT2D eigenvalue weighted by Crippen LogP contribution is -2.26. The van der Waals surface area contributed by atoms with Gasteiger partial charge in [-0.3, -0.25) is 0 Å². The van der Waals surface area contributed by atoms with Gasteiger partial charge >= 0.3 is 5.97 Å². The summed E-state index contributed by atoms with van der Waals surface area (Å²) in [5, 5.41) is 16.5. The van der Waals surface area contributed by atoms with Crippen molar-refractivity contribution >= 4 is 11.8 Å². The number of hydrogen-bond acceptors (Lipinski definition) is 4. The summed E-state index contributed by atoms with van der Waals surface area (Å²) in [6.07, 6.45) is 3.47. The quantitative estimate of drug-likeness (QED) is 0.870. The van der Waals surface area contributed by atoms with Crippen molar-refractivity contribution in [2.24, 2.45) is 5.41 Å². The van der Waals surface area contributed by atoms with Gasteiger partial charge in [0.1, 0.15) is 0 Å². The van der Waals surface area contributed by atoms with Crippen LogP contribution in [0.2, 0.25) is 0 Å². The number of carboxylic acids is 1. The number of carbonyl (C=O) groups is 1. The highest BCUT2D eigenvalue weighted by atomic mass is 16.4. The molecular formula is C13H19N3O2. The van der Waals surface area contributed by atoms with E-state index in [2.05, 4.69) is 28.9 Å². The largest absolute Gasteiger partial charge is 0.476 e. The Morgan fingerprint density at radius 2 is 2.06 bits per heavy atom. The van der Waals surface area contributed by atoms with E-state index in [9.17, 15) is 4.79 Å². The van der Waals surface area contributed by atoms with Crippen LogP contribution in [0.3, 0.4) is 0 Å². The second kappa shape index (κ2) is 4.92. The third kappa shape index (κ3) is 2.97. The first-order chi connectivity index (χ1) is 8.48. The van der Waals surface area contributed by atoms with Gasteiger partial charge in [-0.1, -0.05) is 13.8 Å². The molecule has 5 heteroatoms. The third-order valence-electron chi connectivity index (χ3n) is 3.53. The number of hydrogen-bond donors (Lipinski definition) is 1. The van der Waals surface area contributed by atoms with Crippen molar-refractivity contribution < 1.29 is 9.90 Å². The molecule has 0 amide bonds. The zero-order chi connectivity index (χ0) is 13.2. The van der Waals surface area contributed by atoms with E-state index < -0.39 is 5.97 Å². The number of rotatable bonds is 2. The van der Waals surface area contributed by atoms with E-state index in [4.69, 9.17) is 5.11 Å². The van der Waals surface area contributed by atoms with Crippen LogP contribution in [-0.2, 0) is 0 Å². The fourth-order valence-electron chi connectivity index (χ4n) is 2.26. The maximum atomic E-state index is 10.7. The van der Waals surface area contributed by atoms with Crippen molar-refractivity contribution in [1.82, 2.24) is 10.2 Å². The molecule has 1 aliphatic rings. The topological polar surface area (TPSA) is 66.3 Å². The Kier molecular flexibility index (Phi) is 3.50. The minimum absolute atomic E-state index is 0.00565. The van der Waals surface area contributed by atoms with Crippen LogP contribution in [0.15, 0.2) is 12.1 Å². The van der Waals surface area contributed by atoms with Gasteiger partial charge in [0.05, 0.1) is 0 Å². The van der Waals surface area contributed by atoms with Crippen molar-refractivity contribution in [3.05, 3.63) is 17.8 Å². The van der Waals surface area contributed by atoms with Crippen LogP contribution in [0.1, 0.15) is 43.6 Å². The first-order valence-electron chi connectivity index (χ1n) is 6.30. The average molecular weight is 249 g/mol. The molecule has 1 aromatic rings. The van der Waals surface area contributed by atoms with Crippen LogP contribution < -0.4 is 4.90 Å². The van der Waals surface area contributed by atoms with Gasteiger partial charge < -0.3 is 10.0 Å². The maximum Gasteiger partial charge on any atom is 0.356 e. The van der Waals surface area contributed by atoms with Gasteiger partial charge in [-0.2, -0.15) is 0 Å². The lowest BCUT2D eigenvalue weighted by atomic mass is 9.85. The summed E-state index contributed by atoms with van der Waals surface area (Å²) < 4.78 is 0. The van der Waals surface area contributed by atoms with Crippen molar-refractivity contribution in [2.45, 2.75) is 33.1 Å². The summed E-state index contributed by atoms with van der Waals surface area (Å²) in [6, 6.07) is 3.26. The lowest BCUT2D eigenvalue weighted by molar-refractivity contribution is 0.0689. The Hall–Kier alpha value is -1.65. The molecule has 0 unspecified atom stereocenters. The molecule has 5 nitrogen and oxygen atoms in total. The molecule has 0 saturated carbocycles. The summed E-state index contributed by atoms with van der Waals surface area (Å²) in [5.74, 6) is -0.260. The van der Waals surface area contributed by atoms with E-state index in [0.717, 1.165) is 31.7 Å². The second-order valence-corrected chi connectivity index (χ2v) is 5.59. The van der Waals surface area contributed by atoms with E-state index in [0.29, 0.717) is 5.41 Å². The monoisotopic (exact) mass is 249 g/mol. The Balaban J connectivity index is 2.09. The molecule has 0 radical (unpaired) electrons. The summed E-state index contributed by atoms with van der Waals surface area (Å²) in [6.45, 7) is 6.49. The average Bonchev–Trinajstić information content (AvgIpc) is 2.50. The lowest BCUT2D eigenvalue weighted by Gasteiger charge is -2.23. The standard InChI is InChI=1S/C13H19N3O2/c1-13(2)6-3-8-16(9-7-13)11-5-4-10(12(17)18)14-15-11/h4-5H,3,6-9H2,1-2H3,(H,17,18). The molecule has 1 fully saturated rings. The molecule has 0 bridgehead atoms. The summed E-state index contributed by atoms with van der Waals surface area (Å²) in [4.78, 5) is 12.9. The summed E-state index contributed by atoms with van der Waals surface area (Å²) in [5.41, 5.74) is 0.373. The molecule has 0 aromatic carbocycles. The Labute approximate surface area is 107 Å². The van der Waals surface area contributed by atoms with Crippen LogP contribution in [0, 0.1) is 5.41 Å². The van der Waals surface area contributed by atoms with Crippen LogP contribution in [0.5, 0.6) is 0 Å². The molecule has 0 spiro atoms. The molecule has 2 rings (SSSR count).